The molecule has 3 rings (SSSR count). The number of hydrogen-bond acceptors (Lipinski definition) is 2. The molecule has 102 valence electrons. The molecular weight excluding hydrogens is 314 g/mol. The van der Waals surface area contributed by atoms with E-state index >= 15 is 0 Å². The molecule has 0 unspecified atom stereocenters. The topological polar surface area (TPSA) is 20.5 Å². The van der Waals surface area contributed by atoms with E-state index in [0.29, 0.717) is 0 Å². The second kappa shape index (κ2) is 4.94. The van der Waals surface area contributed by atoms with Crippen LogP contribution in [0.2, 0.25) is 0 Å². The third-order valence-electron chi connectivity index (χ3n) is 3.37. The van der Waals surface area contributed by atoms with Crippen LogP contribution in [0.5, 0.6) is 0 Å². The lowest BCUT2D eigenvalue weighted by atomic mass is 10.1. The Balaban J connectivity index is 2.27. The van der Waals surface area contributed by atoms with Crippen molar-refractivity contribution < 1.29 is 0 Å². The zero-order chi connectivity index (χ0) is 14.3. The number of anilines is 1. The molecule has 20 heavy (non-hydrogen) atoms. The van der Waals surface area contributed by atoms with Gasteiger partial charge in [-0.3, -0.25) is 4.40 Å². The van der Waals surface area contributed by atoms with E-state index < -0.39 is 0 Å². The number of nitrogens with zero attached hydrogens (tertiary/aromatic N) is 3. The maximum Gasteiger partial charge on any atom is 0.145 e. The first-order valence-electron chi connectivity index (χ1n) is 6.48. The normalized spacial score (nSPS) is 11.0. The summed E-state index contributed by atoms with van der Waals surface area (Å²) in [7, 11) is 4.08. The Morgan fingerprint density at radius 1 is 1.15 bits per heavy atom. The number of aromatic nitrogens is 2. The van der Waals surface area contributed by atoms with Gasteiger partial charge in [0.1, 0.15) is 10.4 Å². The number of imidazole rings is 1. The smallest absolute Gasteiger partial charge is 0.145 e. The monoisotopic (exact) mass is 329 g/mol. The number of hydrogen-bond donors (Lipinski definition) is 0. The van der Waals surface area contributed by atoms with Crippen LogP contribution in [0.1, 0.15) is 5.56 Å². The molecule has 2 aromatic heterocycles. The third-order valence-corrected chi connectivity index (χ3v) is 3.95. The van der Waals surface area contributed by atoms with Gasteiger partial charge in [0.25, 0.3) is 0 Å². The van der Waals surface area contributed by atoms with Gasteiger partial charge < -0.3 is 4.90 Å². The maximum atomic E-state index is 4.66. The van der Waals surface area contributed by atoms with E-state index in [1.807, 2.05) is 14.1 Å². The van der Waals surface area contributed by atoms with Crippen molar-refractivity contribution in [2.24, 2.45) is 0 Å². The number of benzene rings is 1. The molecule has 0 bridgehead atoms. The molecule has 4 heteroatoms. The van der Waals surface area contributed by atoms with Gasteiger partial charge in [-0.2, -0.15) is 0 Å². The van der Waals surface area contributed by atoms with Gasteiger partial charge in [0, 0.05) is 25.9 Å². The van der Waals surface area contributed by atoms with Crippen LogP contribution < -0.4 is 4.90 Å². The predicted octanol–water partition coefficient (Wildman–Crippen LogP) is 4.14. The van der Waals surface area contributed by atoms with Gasteiger partial charge in [0.05, 0.1) is 11.2 Å². The van der Waals surface area contributed by atoms with Crippen molar-refractivity contribution in [3.63, 3.8) is 0 Å². The molecule has 0 atom stereocenters. The van der Waals surface area contributed by atoms with Crippen LogP contribution in [-0.2, 0) is 0 Å². The van der Waals surface area contributed by atoms with Crippen LogP contribution in [0, 0.1) is 6.92 Å². The number of halogens is 1. The Morgan fingerprint density at radius 3 is 2.65 bits per heavy atom. The third kappa shape index (κ3) is 2.20. The molecule has 0 aliphatic rings. The highest BCUT2D eigenvalue weighted by Crippen LogP contribution is 2.28. The molecule has 0 amide bonds. The fraction of sp³-hybridized carbons (Fsp3) is 0.188. The molecule has 3 aromatic rings. The Morgan fingerprint density at radius 2 is 1.95 bits per heavy atom. The van der Waals surface area contributed by atoms with Crippen molar-refractivity contribution in [3.8, 4) is 11.4 Å². The van der Waals surface area contributed by atoms with Crippen molar-refractivity contribution in [1.29, 1.82) is 0 Å². The fourth-order valence-electron chi connectivity index (χ4n) is 2.29. The summed E-state index contributed by atoms with van der Waals surface area (Å²) in [5.74, 6) is 0.958. The molecule has 0 aliphatic heterocycles. The molecule has 2 heterocycles. The van der Waals surface area contributed by atoms with Gasteiger partial charge in [-0.1, -0.05) is 23.8 Å². The first-order chi connectivity index (χ1) is 9.56. The van der Waals surface area contributed by atoms with Crippen molar-refractivity contribution in [3.05, 3.63) is 52.8 Å². The zero-order valence-corrected chi connectivity index (χ0v) is 13.3. The molecule has 0 spiro atoms. The lowest BCUT2D eigenvalue weighted by molar-refractivity contribution is 1.08. The fourth-order valence-corrected chi connectivity index (χ4v) is 2.78. The highest BCUT2D eigenvalue weighted by molar-refractivity contribution is 9.10. The summed E-state index contributed by atoms with van der Waals surface area (Å²) in [6, 6.07) is 12.6. The van der Waals surface area contributed by atoms with Crippen LogP contribution >= 0.6 is 15.9 Å². The molecule has 3 nitrogen and oxygen atoms in total. The van der Waals surface area contributed by atoms with Crippen LogP contribution in [0.4, 0.5) is 5.69 Å². The van der Waals surface area contributed by atoms with Crippen LogP contribution in [0.25, 0.3) is 16.9 Å². The Kier molecular flexibility index (Phi) is 3.26. The quantitative estimate of drug-likeness (QED) is 0.704. The number of pyridine rings is 1. The molecule has 0 N–H and O–H groups in total. The molecular formula is C16H16BrN3. The Labute approximate surface area is 127 Å². The van der Waals surface area contributed by atoms with Gasteiger partial charge in [0.15, 0.2) is 0 Å². The Hall–Kier alpha value is -1.81. The van der Waals surface area contributed by atoms with E-state index in [-0.39, 0.29) is 0 Å². The van der Waals surface area contributed by atoms with Gasteiger partial charge in [-0.25, -0.2) is 4.98 Å². The zero-order valence-electron chi connectivity index (χ0n) is 11.8. The lowest BCUT2D eigenvalue weighted by Crippen LogP contribution is -2.09. The number of rotatable bonds is 2. The van der Waals surface area contributed by atoms with E-state index in [9.17, 15) is 0 Å². The maximum absolute atomic E-state index is 4.66. The molecule has 0 saturated heterocycles. The van der Waals surface area contributed by atoms with Crippen molar-refractivity contribution in [2.45, 2.75) is 6.92 Å². The summed E-state index contributed by atoms with van der Waals surface area (Å²) < 4.78 is 3.01. The second-order valence-corrected chi connectivity index (χ2v) is 5.88. The van der Waals surface area contributed by atoms with E-state index in [1.165, 1.54) is 5.56 Å². The molecule has 0 fully saturated rings. The summed E-state index contributed by atoms with van der Waals surface area (Å²) in [6.45, 7) is 2.10. The van der Waals surface area contributed by atoms with Crippen LogP contribution in [0.15, 0.2) is 47.2 Å². The van der Waals surface area contributed by atoms with E-state index in [2.05, 4.69) is 79.7 Å². The summed E-state index contributed by atoms with van der Waals surface area (Å²) >= 11 is 3.55. The van der Waals surface area contributed by atoms with Gasteiger partial charge in [-0.05, 0) is 41.1 Å². The van der Waals surface area contributed by atoms with Crippen molar-refractivity contribution in [2.75, 3.05) is 19.0 Å². The lowest BCUT2D eigenvalue weighted by Gasteiger charge is -2.13. The van der Waals surface area contributed by atoms with E-state index in [0.717, 1.165) is 27.2 Å². The average molecular weight is 330 g/mol. The SMILES string of the molecule is Cc1cccc(-c2nc(Br)c3ccc(N(C)C)cn23)c1. The molecule has 0 radical (unpaired) electrons. The minimum absolute atomic E-state index is 0.874. The highest BCUT2D eigenvalue weighted by atomic mass is 79.9. The average Bonchev–Trinajstić information content (AvgIpc) is 2.76. The minimum Gasteiger partial charge on any atom is -0.376 e. The highest BCUT2D eigenvalue weighted by Gasteiger charge is 2.12. The minimum atomic E-state index is 0.874. The summed E-state index contributed by atoms with van der Waals surface area (Å²) in [5, 5.41) is 0. The summed E-state index contributed by atoms with van der Waals surface area (Å²) in [5.41, 5.74) is 4.59. The second-order valence-electron chi connectivity index (χ2n) is 5.13. The summed E-state index contributed by atoms with van der Waals surface area (Å²) in [6.07, 6.45) is 2.12. The number of fused-ring (bicyclic) bond motifs is 1. The van der Waals surface area contributed by atoms with E-state index in [4.69, 9.17) is 0 Å². The predicted molar refractivity (Wildman–Crippen MR) is 87.4 cm³/mol. The standard InChI is InChI=1S/C16H16BrN3/c1-11-5-4-6-12(9-11)16-18-15(17)14-8-7-13(19(2)3)10-20(14)16/h4-10H,1-3H3. The van der Waals surface area contributed by atoms with Crippen LogP contribution in [0.3, 0.4) is 0 Å². The molecule has 0 aliphatic carbocycles. The van der Waals surface area contributed by atoms with E-state index in [1.54, 1.807) is 0 Å². The largest absolute Gasteiger partial charge is 0.376 e. The summed E-state index contributed by atoms with van der Waals surface area (Å²) in [4.78, 5) is 6.75. The molecule has 1 aromatic carbocycles. The van der Waals surface area contributed by atoms with Crippen molar-refractivity contribution in [1.82, 2.24) is 9.38 Å². The number of aryl methyl sites for hydroxylation is 1. The van der Waals surface area contributed by atoms with Gasteiger partial charge in [0.2, 0.25) is 0 Å². The first-order valence-corrected chi connectivity index (χ1v) is 7.27. The first kappa shape index (κ1) is 13.2. The van der Waals surface area contributed by atoms with Gasteiger partial charge >= 0.3 is 0 Å². The van der Waals surface area contributed by atoms with Gasteiger partial charge in [-0.15, -0.1) is 0 Å². The molecule has 0 saturated carbocycles. The Bertz CT molecular complexity index is 774. The van der Waals surface area contributed by atoms with Crippen LogP contribution in [-0.4, -0.2) is 23.5 Å². The van der Waals surface area contributed by atoms with Crippen molar-refractivity contribution >= 4 is 27.1 Å².